The Morgan fingerprint density at radius 1 is 1.00 bits per heavy atom. The first-order valence-electron chi connectivity index (χ1n) is 10.2. The van der Waals surface area contributed by atoms with Crippen LogP contribution in [0.5, 0.6) is 0 Å². The number of hydrogen-bond acceptors (Lipinski definition) is 3. The van der Waals surface area contributed by atoms with Crippen LogP contribution in [0.1, 0.15) is 22.3 Å². The minimum atomic E-state index is 0.208. The summed E-state index contributed by atoms with van der Waals surface area (Å²) in [5, 5.41) is 3.61. The molecule has 0 radical (unpaired) electrons. The zero-order valence-corrected chi connectivity index (χ0v) is 15.7. The lowest BCUT2D eigenvalue weighted by atomic mass is 9.99. The second-order valence-corrected chi connectivity index (χ2v) is 8.17. The van der Waals surface area contributed by atoms with Gasteiger partial charge in [0.05, 0.1) is 0 Å². The summed E-state index contributed by atoms with van der Waals surface area (Å²) in [5.41, 5.74) is 3.30. The van der Waals surface area contributed by atoms with Gasteiger partial charge in [-0.25, -0.2) is 0 Å². The summed E-state index contributed by atoms with van der Waals surface area (Å²) in [6.07, 6.45) is 2.36. The molecule has 0 aromatic heterocycles. The number of benzene rings is 2. The van der Waals surface area contributed by atoms with Crippen LogP contribution in [0.3, 0.4) is 0 Å². The number of para-hydroxylation sites is 1. The highest BCUT2D eigenvalue weighted by Crippen LogP contribution is 2.49. The fraction of sp³-hybridized carbons (Fsp3) is 0.435. The molecule has 2 aromatic rings. The maximum atomic E-state index is 12.8. The normalized spacial score (nSPS) is 26.6. The van der Waals surface area contributed by atoms with Gasteiger partial charge in [-0.3, -0.25) is 9.69 Å². The van der Waals surface area contributed by atoms with Gasteiger partial charge in [-0.2, -0.15) is 0 Å². The lowest BCUT2D eigenvalue weighted by Crippen LogP contribution is -2.46. The van der Waals surface area contributed by atoms with Gasteiger partial charge in [-0.1, -0.05) is 36.4 Å². The van der Waals surface area contributed by atoms with Crippen LogP contribution in [0.25, 0.3) is 0 Å². The van der Waals surface area contributed by atoms with Gasteiger partial charge in [0, 0.05) is 50.0 Å². The van der Waals surface area contributed by atoms with Crippen LogP contribution < -0.4 is 5.32 Å². The fourth-order valence-electron chi connectivity index (χ4n) is 4.91. The number of piperidine rings is 1. The topological polar surface area (TPSA) is 35.6 Å². The molecule has 2 fully saturated rings. The van der Waals surface area contributed by atoms with Crippen molar-refractivity contribution < 1.29 is 4.79 Å². The van der Waals surface area contributed by atoms with Crippen molar-refractivity contribution in [1.82, 2.24) is 9.80 Å². The number of carbonyl (C=O) groups excluding carboxylic acids is 1. The molecule has 1 aliphatic carbocycles. The van der Waals surface area contributed by atoms with Crippen LogP contribution in [0, 0.1) is 11.8 Å². The molecule has 3 aliphatic rings. The lowest BCUT2D eigenvalue weighted by molar-refractivity contribution is 0.0711. The second-order valence-electron chi connectivity index (χ2n) is 8.17. The van der Waals surface area contributed by atoms with Crippen molar-refractivity contribution in [3.63, 3.8) is 0 Å². The van der Waals surface area contributed by atoms with Gasteiger partial charge >= 0.3 is 0 Å². The number of carbonyl (C=O) groups is 1. The Labute approximate surface area is 161 Å². The number of anilines is 1. The average Bonchev–Trinajstić information content (AvgIpc) is 3.39. The van der Waals surface area contributed by atoms with E-state index < -0.39 is 0 Å². The molecule has 0 bridgehead atoms. The van der Waals surface area contributed by atoms with E-state index in [0.29, 0.717) is 6.04 Å². The molecule has 1 amide bonds. The van der Waals surface area contributed by atoms with E-state index in [9.17, 15) is 4.79 Å². The Bertz CT molecular complexity index is 821. The maximum absolute atomic E-state index is 12.8. The highest BCUT2D eigenvalue weighted by atomic mass is 16.2. The molecule has 4 heteroatoms. The van der Waals surface area contributed by atoms with E-state index in [-0.39, 0.29) is 5.91 Å². The highest BCUT2D eigenvalue weighted by molar-refractivity contribution is 5.96. The predicted molar refractivity (Wildman–Crippen MR) is 108 cm³/mol. The number of nitrogens with zero attached hydrogens (tertiary/aromatic N) is 2. The summed E-state index contributed by atoms with van der Waals surface area (Å²) in [4.78, 5) is 17.4. The Hall–Kier alpha value is -2.33. The molecule has 1 N–H and O–H groups in total. The fourth-order valence-corrected chi connectivity index (χ4v) is 4.91. The Morgan fingerprint density at radius 2 is 1.81 bits per heavy atom. The second kappa shape index (κ2) is 7.01. The smallest absolute Gasteiger partial charge is 0.254 e. The molecule has 2 aromatic carbocycles. The first kappa shape index (κ1) is 16.8. The van der Waals surface area contributed by atoms with Gasteiger partial charge in [0.1, 0.15) is 0 Å². The van der Waals surface area contributed by atoms with Crippen molar-refractivity contribution in [2.75, 3.05) is 38.0 Å². The molecule has 3 unspecified atom stereocenters. The number of rotatable bonds is 6. The molecule has 27 heavy (non-hydrogen) atoms. The van der Waals surface area contributed by atoms with E-state index in [4.69, 9.17) is 0 Å². The number of fused-ring (bicyclic) bond motifs is 2. The van der Waals surface area contributed by atoms with Crippen molar-refractivity contribution in [2.45, 2.75) is 18.9 Å². The van der Waals surface area contributed by atoms with Crippen molar-refractivity contribution in [3.8, 4) is 0 Å². The molecule has 1 saturated carbocycles. The molecule has 2 heterocycles. The summed E-state index contributed by atoms with van der Waals surface area (Å²) in [6.45, 7) is 4.88. The Morgan fingerprint density at radius 3 is 2.70 bits per heavy atom. The standard InChI is InChI=1S/C23H27N3O/c27-23-20-9-5-4-6-17(20)10-11-25(23)12-13-26-16-18-14-21(18)22(26)15-24-19-7-2-1-3-8-19/h1-9,18,21-22,24H,10-16H2. The first-order valence-corrected chi connectivity index (χ1v) is 10.2. The van der Waals surface area contributed by atoms with Crippen LogP contribution in [0.15, 0.2) is 54.6 Å². The SMILES string of the molecule is O=C1c2ccccc2CCN1CCN1CC2CC2C1CNc1ccccc1. The van der Waals surface area contributed by atoms with Crippen molar-refractivity contribution in [3.05, 3.63) is 65.7 Å². The van der Waals surface area contributed by atoms with E-state index >= 15 is 0 Å². The monoisotopic (exact) mass is 361 g/mol. The molecule has 4 nitrogen and oxygen atoms in total. The highest BCUT2D eigenvalue weighted by Gasteiger charge is 2.51. The third-order valence-electron chi connectivity index (χ3n) is 6.54. The third-order valence-corrected chi connectivity index (χ3v) is 6.54. The quantitative estimate of drug-likeness (QED) is 0.859. The summed E-state index contributed by atoms with van der Waals surface area (Å²) in [6, 6.07) is 19.1. The summed E-state index contributed by atoms with van der Waals surface area (Å²) in [5.74, 6) is 1.93. The van der Waals surface area contributed by atoms with Crippen molar-refractivity contribution in [2.24, 2.45) is 11.8 Å². The van der Waals surface area contributed by atoms with Crippen LogP contribution in [-0.2, 0) is 6.42 Å². The number of likely N-dealkylation sites (tertiary alicyclic amines) is 1. The zero-order valence-electron chi connectivity index (χ0n) is 15.7. The van der Waals surface area contributed by atoms with Gasteiger partial charge in [-0.05, 0) is 48.4 Å². The Kier molecular flexibility index (Phi) is 4.36. The maximum Gasteiger partial charge on any atom is 0.254 e. The summed E-state index contributed by atoms with van der Waals surface area (Å²) < 4.78 is 0. The van der Waals surface area contributed by atoms with E-state index in [1.807, 2.05) is 23.1 Å². The van der Waals surface area contributed by atoms with E-state index in [2.05, 4.69) is 46.6 Å². The van der Waals surface area contributed by atoms with Gasteiger partial charge in [0.2, 0.25) is 0 Å². The summed E-state index contributed by atoms with van der Waals surface area (Å²) >= 11 is 0. The lowest BCUT2D eigenvalue weighted by Gasteiger charge is -2.33. The molecular formula is C23H27N3O. The van der Waals surface area contributed by atoms with Crippen LogP contribution >= 0.6 is 0 Å². The van der Waals surface area contributed by atoms with Gasteiger partial charge < -0.3 is 10.2 Å². The van der Waals surface area contributed by atoms with Crippen molar-refractivity contribution in [1.29, 1.82) is 0 Å². The molecule has 3 atom stereocenters. The molecule has 5 rings (SSSR count). The first-order chi connectivity index (χ1) is 13.3. The number of nitrogens with one attached hydrogen (secondary N) is 1. The molecule has 2 aliphatic heterocycles. The van der Waals surface area contributed by atoms with Crippen LogP contribution in [0.4, 0.5) is 5.69 Å². The van der Waals surface area contributed by atoms with Gasteiger partial charge in [0.25, 0.3) is 5.91 Å². The predicted octanol–water partition coefficient (Wildman–Crippen LogP) is 3.12. The molecule has 0 spiro atoms. The molecule has 140 valence electrons. The van der Waals surface area contributed by atoms with Gasteiger partial charge in [0.15, 0.2) is 0 Å². The number of hydrogen-bond donors (Lipinski definition) is 1. The molecular weight excluding hydrogens is 334 g/mol. The number of amides is 1. The largest absolute Gasteiger partial charge is 0.383 e. The van der Waals surface area contributed by atoms with E-state index in [1.165, 1.54) is 24.2 Å². The van der Waals surface area contributed by atoms with Gasteiger partial charge in [-0.15, -0.1) is 0 Å². The molecule has 1 saturated heterocycles. The van der Waals surface area contributed by atoms with Crippen LogP contribution in [-0.4, -0.2) is 54.5 Å². The van der Waals surface area contributed by atoms with E-state index in [0.717, 1.165) is 50.0 Å². The van der Waals surface area contributed by atoms with E-state index in [1.54, 1.807) is 0 Å². The Balaban J connectivity index is 1.19. The minimum Gasteiger partial charge on any atom is -0.383 e. The third kappa shape index (κ3) is 3.34. The van der Waals surface area contributed by atoms with Crippen molar-refractivity contribution >= 4 is 11.6 Å². The zero-order chi connectivity index (χ0) is 18.2. The minimum absolute atomic E-state index is 0.208. The summed E-state index contributed by atoms with van der Waals surface area (Å²) in [7, 11) is 0. The average molecular weight is 361 g/mol. The van der Waals surface area contributed by atoms with Crippen LogP contribution in [0.2, 0.25) is 0 Å².